The number of halogens is 1. The lowest BCUT2D eigenvalue weighted by atomic mass is 10.1. The first-order valence-corrected chi connectivity index (χ1v) is 7.81. The van der Waals surface area contributed by atoms with Gasteiger partial charge in [0.05, 0.1) is 11.3 Å². The van der Waals surface area contributed by atoms with Crippen molar-refractivity contribution in [1.82, 2.24) is 15.5 Å². The number of carbonyl (C=O) groups is 1. The molecule has 2 rings (SSSR count). The summed E-state index contributed by atoms with van der Waals surface area (Å²) >= 11 is 2.78. The molecule has 1 N–H and O–H groups in total. The third-order valence-corrected chi connectivity index (χ3v) is 4.63. The Morgan fingerprint density at radius 1 is 1.35 bits per heavy atom. The molecule has 0 unspecified atom stereocenters. The van der Waals surface area contributed by atoms with Crippen molar-refractivity contribution >= 4 is 29.0 Å². The van der Waals surface area contributed by atoms with Gasteiger partial charge in [-0.05, 0) is 31.5 Å². The molecule has 0 radical (unpaired) electrons. The minimum atomic E-state index is -0.285. The van der Waals surface area contributed by atoms with E-state index in [1.54, 1.807) is 17.6 Å². The van der Waals surface area contributed by atoms with Gasteiger partial charge in [0.25, 0.3) is 0 Å². The number of nitrogens with one attached hydrogen (secondary N) is 1. The van der Waals surface area contributed by atoms with Crippen LogP contribution in [0.4, 0.5) is 4.39 Å². The molecule has 2 atom stereocenters. The topological polar surface area (TPSA) is 54.9 Å². The molecule has 0 aliphatic heterocycles. The number of benzene rings is 1. The summed E-state index contributed by atoms with van der Waals surface area (Å²) in [6.45, 7) is 3.69. The number of rotatable bonds is 5. The molecular weight excluding hydrogens is 297 g/mol. The van der Waals surface area contributed by atoms with Crippen LogP contribution in [0.5, 0.6) is 0 Å². The van der Waals surface area contributed by atoms with E-state index in [4.69, 9.17) is 0 Å². The van der Waals surface area contributed by atoms with Crippen LogP contribution in [0.3, 0.4) is 0 Å². The monoisotopic (exact) mass is 311 g/mol. The van der Waals surface area contributed by atoms with Gasteiger partial charge in [-0.3, -0.25) is 4.79 Å². The lowest BCUT2D eigenvalue weighted by Gasteiger charge is -2.17. The average molecular weight is 311 g/mol. The molecule has 0 fully saturated rings. The van der Waals surface area contributed by atoms with Gasteiger partial charge in [0.2, 0.25) is 5.91 Å². The zero-order valence-corrected chi connectivity index (χ0v) is 12.7. The molecule has 2 aromatic rings. The SMILES string of the molecule is C[C@H](NC(=O)[C@@H](C)Sc1nncs1)c1ccc(F)cc1. The second-order valence-corrected chi connectivity index (χ2v) is 6.67. The van der Waals surface area contributed by atoms with Crippen molar-refractivity contribution in [3.8, 4) is 0 Å². The molecule has 0 aliphatic rings. The van der Waals surface area contributed by atoms with E-state index in [1.165, 1.54) is 35.2 Å². The van der Waals surface area contributed by atoms with Gasteiger partial charge in [0, 0.05) is 0 Å². The van der Waals surface area contributed by atoms with E-state index in [0.29, 0.717) is 0 Å². The largest absolute Gasteiger partial charge is 0.349 e. The number of hydrogen-bond donors (Lipinski definition) is 1. The summed E-state index contributed by atoms with van der Waals surface area (Å²) in [6, 6.07) is 5.95. The van der Waals surface area contributed by atoms with E-state index in [-0.39, 0.29) is 23.0 Å². The first-order valence-electron chi connectivity index (χ1n) is 6.05. The molecule has 0 spiro atoms. The molecule has 1 heterocycles. The van der Waals surface area contributed by atoms with Gasteiger partial charge in [0.15, 0.2) is 4.34 Å². The summed E-state index contributed by atoms with van der Waals surface area (Å²) in [5.74, 6) is -0.366. The fourth-order valence-electron chi connectivity index (χ4n) is 1.58. The maximum absolute atomic E-state index is 12.9. The van der Waals surface area contributed by atoms with Crippen molar-refractivity contribution in [3.05, 3.63) is 41.2 Å². The molecule has 0 saturated heterocycles. The number of thioether (sulfide) groups is 1. The second kappa shape index (κ2) is 6.81. The Hall–Kier alpha value is -1.47. The predicted molar refractivity (Wildman–Crippen MR) is 78.2 cm³/mol. The van der Waals surface area contributed by atoms with E-state index < -0.39 is 0 Å². The Balaban J connectivity index is 1.91. The summed E-state index contributed by atoms with van der Waals surface area (Å²) in [6.07, 6.45) is 0. The summed E-state index contributed by atoms with van der Waals surface area (Å²) < 4.78 is 13.6. The first kappa shape index (κ1) is 14.9. The number of hydrogen-bond acceptors (Lipinski definition) is 5. The van der Waals surface area contributed by atoms with Crippen LogP contribution < -0.4 is 5.32 Å². The number of aromatic nitrogens is 2. The van der Waals surface area contributed by atoms with E-state index >= 15 is 0 Å². The molecule has 0 saturated carbocycles. The van der Waals surface area contributed by atoms with Crippen LogP contribution in [-0.4, -0.2) is 21.4 Å². The normalized spacial score (nSPS) is 13.8. The van der Waals surface area contributed by atoms with Gasteiger partial charge < -0.3 is 5.32 Å². The van der Waals surface area contributed by atoms with Crippen LogP contribution >= 0.6 is 23.1 Å². The van der Waals surface area contributed by atoms with E-state index in [1.807, 2.05) is 13.8 Å². The fourth-order valence-corrected chi connectivity index (χ4v) is 3.22. The van der Waals surface area contributed by atoms with Crippen molar-refractivity contribution in [3.63, 3.8) is 0 Å². The fraction of sp³-hybridized carbons (Fsp3) is 0.308. The average Bonchev–Trinajstić information content (AvgIpc) is 2.92. The molecule has 0 bridgehead atoms. The van der Waals surface area contributed by atoms with Crippen molar-refractivity contribution in [2.45, 2.75) is 29.5 Å². The highest BCUT2D eigenvalue weighted by Gasteiger charge is 2.18. The predicted octanol–water partition coefficient (Wildman–Crippen LogP) is 3.04. The second-order valence-electron chi connectivity index (χ2n) is 4.25. The summed E-state index contributed by atoms with van der Waals surface area (Å²) in [4.78, 5) is 12.1. The Morgan fingerprint density at radius 2 is 2.05 bits per heavy atom. The molecule has 1 aromatic carbocycles. The van der Waals surface area contributed by atoms with E-state index in [9.17, 15) is 9.18 Å². The molecule has 4 nitrogen and oxygen atoms in total. The zero-order chi connectivity index (χ0) is 14.5. The molecule has 7 heteroatoms. The molecule has 20 heavy (non-hydrogen) atoms. The molecule has 1 aromatic heterocycles. The van der Waals surface area contributed by atoms with E-state index in [0.717, 1.165) is 9.90 Å². The van der Waals surface area contributed by atoms with Gasteiger partial charge in [-0.2, -0.15) is 0 Å². The quantitative estimate of drug-likeness (QED) is 0.862. The number of carbonyl (C=O) groups excluding carboxylic acids is 1. The Morgan fingerprint density at radius 3 is 2.65 bits per heavy atom. The van der Waals surface area contributed by atoms with Gasteiger partial charge in [-0.25, -0.2) is 4.39 Å². The third-order valence-electron chi connectivity index (χ3n) is 2.72. The lowest BCUT2D eigenvalue weighted by Crippen LogP contribution is -2.33. The van der Waals surface area contributed by atoms with Gasteiger partial charge in [0.1, 0.15) is 11.3 Å². The smallest absolute Gasteiger partial charge is 0.233 e. The van der Waals surface area contributed by atoms with Crippen LogP contribution in [0.15, 0.2) is 34.1 Å². The van der Waals surface area contributed by atoms with Crippen LogP contribution in [-0.2, 0) is 4.79 Å². The van der Waals surface area contributed by atoms with Crippen molar-refractivity contribution in [2.75, 3.05) is 0 Å². The van der Waals surface area contributed by atoms with Gasteiger partial charge >= 0.3 is 0 Å². The highest BCUT2D eigenvalue weighted by atomic mass is 32.2. The van der Waals surface area contributed by atoms with Crippen LogP contribution in [0.25, 0.3) is 0 Å². The van der Waals surface area contributed by atoms with Crippen molar-refractivity contribution in [2.24, 2.45) is 0 Å². The van der Waals surface area contributed by atoms with Crippen molar-refractivity contribution < 1.29 is 9.18 Å². The molecule has 1 amide bonds. The summed E-state index contributed by atoms with van der Waals surface area (Å²) in [7, 11) is 0. The first-order chi connectivity index (χ1) is 9.56. The standard InChI is InChI=1S/C13H14FN3OS2/c1-8(10-3-5-11(14)6-4-10)16-12(18)9(2)20-13-17-15-7-19-13/h3-9H,1-2H3,(H,16,18)/t8-,9+/m0/s1. The minimum Gasteiger partial charge on any atom is -0.349 e. The summed E-state index contributed by atoms with van der Waals surface area (Å²) in [5.41, 5.74) is 2.50. The molecular formula is C13H14FN3OS2. The highest BCUT2D eigenvalue weighted by molar-refractivity contribution is 8.02. The zero-order valence-electron chi connectivity index (χ0n) is 11.0. The van der Waals surface area contributed by atoms with Crippen LogP contribution in [0.1, 0.15) is 25.5 Å². The Kier molecular flexibility index (Phi) is 5.08. The van der Waals surface area contributed by atoms with E-state index in [2.05, 4.69) is 15.5 Å². The summed E-state index contributed by atoms with van der Waals surface area (Å²) in [5, 5.41) is 10.3. The van der Waals surface area contributed by atoms with Gasteiger partial charge in [-0.15, -0.1) is 10.2 Å². The number of nitrogens with zero attached hydrogens (tertiary/aromatic N) is 2. The molecule has 106 valence electrons. The molecule has 0 aliphatic carbocycles. The van der Waals surface area contributed by atoms with Crippen LogP contribution in [0, 0.1) is 5.82 Å². The highest BCUT2D eigenvalue weighted by Crippen LogP contribution is 2.24. The Bertz CT molecular complexity index is 560. The van der Waals surface area contributed by atoms with Crippen molar-refractivity contribution in [1.29, 1.82) is 0 Å². The number of amides is 1. The minimum absolute atomic E-state index is 0.0815. The third kappa shape index (κ3) is 4.01. The Labute approximate surface area is 124 Å². The maximum Gasteiger partial charge on any atom is 0.233 e. The van der Waals surface area contributed by atoms with Crippen LogP contribution in [0.2, 0.25) is 0 Å². The lowest BCUT2D eigenvalue weighted by molar-refractivity contribution is -0.120. The van der Waals surface area contributed by atoms with Gasteiger partial charge in [-0.1, -0.05) is 35.2 Å². The maximum atomic E-state index is 12.9.